The number of carbonyl (C=O) groups is 1. The van der Waals surface area contributed by atoms with Crippen LogP contribution in [-0.2, 0) is 6.42 Å². The Balaban J connectivity index is 2.01. The summed E-state index contributed by atoms with van der Waals surface area (Å²) in [4.78, 5) is 19.1. The van der Waals surface area contributed by atoms with Gasteiger partial charge in [0.2, 0.25) is 0 Å². The van der Waals surface area contributed by atoms with Crippen LogP contribution in [0.25, 0.3) is 0 Å². The number of hydrogen-bond acceptors (Lipinski definition) is 3. The van der Waals surface area contributed by atoms with Crippen molar-refractivity contribution < 1.29 is 4.79 Å². The predicted octanol–water partition coefficient (Wildman–Crippen LogP) is 3.02. The summed E-state index contributed by atoms with van der Waals surface area (Å²) < 4.78 is 0. The second-order valence-electron chi connectivity index (χ2n) is 5.49. The zero-order valence-corrected chi connectivity index (χ0v) is 12.6. The minimum Gasteiger partial charge on any atom is -0.373 e. The summed E-state index contributed by atoms with van der Waals surface area (Å²) in [5, 5.41) is 3.00. The molecule has 1 aliphatic rings. The zero-order chi connectivity index (χ0) is 15.0. The van der Waals surface area contributed by atoms with Crippen LogP contribution in [0.2, 0.25) is 0 Å². The first kappa shape index (κ1) is 13.6. The van der Waals surface area contributed by atoms with Gasteiger partial charge in [-0.2, -0.15) is 0 Å². The number of para-hydroxylation sites is 1. The molecule has 1 atom stereocenters. The molecule has 0 saturated heterocycles. The number of nitrogens with one attached hydrogen (secondary N) is 1. The number of hydrogen-bond donors (Lipinski definition) is 1. The Morgan fingerprint density at radius 2 is 2.10 bits per heavy atom. The SMILES string of the molecule is CNc1cc(C(=O)N2c3ccccc3CC2C)cc(C)n1. The number of aryl methyl sites for hydroxylation is 1. The van der Waals surface area contributed by atoms with Crippen LogP contribution in [0.15, 0.2) is 36.4 Å². The van der Waals surface area contributed by atoms with E-state index in [2.05, 4.69) is 23.3 Å². The van der Waals surface area contributed by atoms with Crippen molar-refractivity contribution in [3.05, 3.63) is 53.2 Å². The largest absolute Gasteiger partial charge is 0.373 e. The summed E-state index contributed by atoms with van der Waals surface area (Å²) in [5.41, 5.74) is 3.77. The molecule has 108 valence electrons. The van der Waals surface area contributed by atoms with Crippen molar-refractivity contribution in [1.29, 1.82) is 0 Å². The Morgan fingerprint density at radius 3 is 2.86 bits per heavy atom. The molecule has 1 N–H and O–H groups in total. The van der Waals surface area contributed by atoms with Gasteiger partial charge in [0.25, 0.3) is 5.91 Å². The van der Waals surface area contributed by atoms with E-state index < -0.39 is 0 Å². The molecule has 0 fully saturated rings. The van der Waals surface area contributed by atoms with Gasteiger partial charge in [-0.25, -0.2) is 4.98 Å². The van der Waals surface area contributed by atoms with Crippen LogP contribution in [-0.4, -0.2) is 24.0 Å². The Kier molecular flexibility index (Phi) is 3.37. The molecule has 0 spiro atoms. The number of anilines is 2. The van der Waals surface area contributed by atoms with Gasteiger partial charge in [-0.3, -0.25) is 4.79 Å². The standard InChI is InChI=1S/C17H19N3O/c1-11-8-14(10-16(18-3)19-11)17(21)20-12(2)9-13-6-4-5-7-15(13)20/h4-8,10,12H,9H2,1-3H3,(H,18,19). The van der Waals surface area contributed by atoms with Crippen LogP contribution in [0.3, 0.4) is 0 Å². The average molecular weight is 281 g/mol. The quantitative estimate of drug-likeness (QED) is 0.920. The van der Waals surface area contributed by atoms with Crippen LogP contribution in [0.4, 0.5) is 11.5 Å². The van der Waals surface area contributed by atoms with Crippen molar-refractivity contribution in [1.82, 2.24) is 4.98 Å². The summed E-state index contributed by atoms with van der Waals surface area (Å²) in [6.07, 6.45) is 0.908. The van der Waals surface area contributed by atoms with Crippen molar-refractivity contribution in [3.63, 3.8) is 0 Å². The molecule has 0 radical (unpaired) electrons. The maximum absolute atomic E-state index is 12.9. The molecule has 0 saturated carbocycles. The third-order valence-electron chi connectivity index (χ3n) is 3.88. The summed E-state index contributed by atoms with van der Waals surface area (Å²) in [5.74, 6) is 0.757. The molecule has 1 aliphatic heterocycles. The third kappa shape index (κ3) is 2.37. The average Bonchev–Trinajstić information content (AvgIpc) is 2.81. The number of benzene rings is 1. The van der Waals surface area contributed by atoms with E-state index in [-0.39, 0.29) is 11.9 Å². The lowest BCUT2D eigenvalue weighted by atomic mass is 10.1. The number of pyridine rings is 1. The van der Waals surface area contributed by atoms with Gasteiger partial charge in [-0.15, -0.1) is 0 Å². The first-order valence-corrected chi connectivity index (χ1v) is 7.18. The molecule has 0 aliphatic carbocycles. The highest BCUT2D eigenvalue weighted by molar-refractivity contribution is 6.08. The molecule has 4 heteroatoms. The highest BCUT2D eigenvalue weighted by atomic mass is 16.2. The van der Waals surface area contributed by atoms with Crippen molar-refractivity contribution >= 4 is 17.4 Å². The molecule has 3 rings (SSSR count). The monoisotopic (exact) mass is 281 g/mol. The van der Waals surface area contributed by atoms with Crippen LogP contribution >= 0.6 is 0 Å². The number of fused-ring (bicyclic) bond motifs is 1. The molecule has 1 aromatic carbocycles. The molecule has 0 bridgehead atoms. The van der Waals surface area contributed by atoms with Gasteiger partial charge in [0, 0.05) is 30.0 Å². The minimum absolute atomic E-state index is 0.0365. The van der Waals surface area contributed by atoms with Gasteiger partial charge in [0.05, 0.1) is 0 Å². The Hall–Kier alpha value is -2.36. The van der Waals surface area contributed by atoms with E-state index in [0.717, 1.165) is 23.6 Å². The highest BCUT2D eigenvalue weighted by Gasteiger charge is 2.31. The lowest BCUT2D eigenvalue weighted by Gasteiger charge is -2.23. The Labute approximate surface area is 124 Å². The van der Waals surface area contributed by atoms with E-state index in [9.17, 15) is 4.79 Å². The van der Waals surface area contributed by atoms with Gasteiger partial charge in [-0.05, 0) is 44.0 Å². The fraction of sp³-hybridized carbons (Fsp3) is 0.294. The normalized spacial score (nSPS) is 16.7. The number of rotatable bonds is 2. The van der Waals surface area contributed by atoms with Gasteiger partial charge in [-0.1, -0.05) is 18.2 Å². The first-order valence-electron chi connectivity index (χ1n) is 7.18. The van der Waals surface area contributed by atoms with Gasteiger partial charge in [0.15, 0.2) is 0 Å². The topological polar surface area (TPSA) is 45.2 Å². The van der Waals surface area contributed by atoms with Gasteiger partial charge < -0.3 is 10.2 Å². The molecule has 2 aromatic rings. The van der Waals surface area contributed by atoms with Crippen molar-refractivity contribution in [2.45, 2.75) is 26.3 Å². The molecule has 1 amide bonds. The third-order valence-corrected chi connectivity index (χ3v) is 3.88. The number of amides is 1. The maximum atomic E-state index is 12.9. The summed E-state index contributed by atoms with van der Waals surface area (Å²) in [6, 6.07) is 11.9. The van der Waals surface area contributed by atoms with Crippen LogP contribution in [0.1, 0.15) is 28.5 Å². The van der Waals surface area contributed by atoms with Gasteiger partial charge >= 0.3 is 0 Å². The van der Waals surface area contributed by atoms with Crippen molar-refractivity contribution in [2.24, 2.45) is 0 Å². The van der Waals surface area contributed by atoms with Crippen LogP contribution < -0.4 is 10.2 Å². The highest BCUT2D eigenvalue weighted by Crippen LogP contribution is 2.33. The molecular formula is C17H19N3O. The number of nitrogens with zero attached hydrogens (tertiary/aromatic N) is 2. The van der Waals surface area contributed by atoms with Crippen molar-refractivity contribution in [3.8, 4) is 0 Å². The van der Waals surface area contributed by atoms with E-state index in [1.807, 2.05) is 49.2 Å². The molecular weight excluding hydrogens is 262 g/mol. The van der Waals surface area contributed by atoms with E-state index in [4.69, 9.17) is 0 Å². The second kappa shape index (κ2) is 5.20. The smallest absolute Gasteiger partial charge is 0.258 e. The molecule has 1 aromatic heterocycles. The molecule has 2 heterocycles. The number of aromatic nitrogens is 1. The van der Waals surface area contributed by atoms with Crippen LogP contribution in [0, 0.1) is 6.92 Å². The van der Waals surface area contributed by atoms with E-state index in [0.29, 0.717) is 5.56 Å². The summed E-state index contributed by atoms with van der Waals surface area (Å²) in [7, 11) is 1.81. The minimum atomic E-state index is 0.0365. The van der Waals surface area contributed by atoms with E-state index in [1.165, 1.54) is 5.56 Å². The summed E-state index contributed by atoms with van der Waals surface area (Å²) >= 11 is 0. The molecule has 4 nitrogen and oxygen atoms in total. The zero-order valence-electron chi connectivity index (χ0n) is 12.6. The van der Waals surface area contributed by atoms with E-state index in [1.54, 1.807) is 0 Å². The lowest BCUT2D eigenvalue weighted by molar-refractivity contribution is 0.0981. The maximum Gasteiger partial charge on any atom is 0.258 e. The molecule has 21 heavy (non-hydrogen) atoms. The number of carbonyl (C=O) groups excluding carboxylic acids is 1. The van der Waals surface area contributed by atoms with Gasteiger partial charge in [0.1, 0.15) is 5.82 Å². The lowest BCUT2D eigenvalue weighted by Crippen LogP contribution is -2.35. The molecule has 1 unspecified atom stereocenters. The predicted molar refractivity (Wildman–Crippen MR) is 84.9 cm³/mol. The fourth-order valence-electron chi connectivity index (χ4n) is 2.93. The second-order valence-corrected chi connectivity index (χ2v) is 5.49. The van der Waals surface area contributed by atoms with E-state index >= 15 is 0 Å². The van der Waals surface area contributed by atoms with Crippen LogP contribution in [0.5, 0.6) is 0 Å². The van der Waals surface area contributed by atoms with Crippen molar-refractivity contribution in [2.75, 3.05) is 17.3 Å². The Bertz CT molecular complexity index is 696. The fourth-order valence-corrected chi connectivity index (χ4v) is 2.93. The summed E-state index contributed by atoms with van der Waals surface area (Å²) in [6.45, 7) is 3.99. The Morgan fingerprint density at radius 1 is 1.33 bits per heavy atom. The first-order chi connectivity index (χ1) is 10.1.